The Morgan fingerprint density at radius 3 is 2.61 bits per heavy atom. The maximum absolute atomic E-state index is 6.39. The van der Waals surface area contributed by atoms with Crippen LogP contribution in [0.4, 0.5) is 0 Å². The Kier molecular flexibility index (Phi) is 4.72. The summed E-state index contributed by atoms with van der Waals surface area (Å²) in [5.74, 6) is 2.19. The predicted molar refractivity (Wildman–Crippen MR) is 73.9 cm³/mol. The smallest absolute Gasteiger partial charge is 0.138 e. The van der Waals surface area contributed by atoms with Gasteiger partial charge in [-0.05, 0) is 50.4 Å². The van der Waals surface area contributed by atoms with Gasteiger partial charge in [-0.1, -0.05) is 11.6 Å². The summed E-state index contributed by atoms with van der Waals surface area (Å²) in [5.41, 5.74) is 1.06. The van der Waals surface area contributed by atoms with Gasteiger partial charge in [0.05, 0.1) is 19.2 Å². The molecular weight excluding hydrogens is 250 g/mol. The van der Waals surface area contributed by atoms with Crippen molar-refractivity contribution in [2.24, 2.45) is 5.92 Å². The van der Waals surface area contributed by atoms with Crippen LogP contribution in [0.3, 0.4) is 0 Å². The van der Waals surface area contributed by atoms with Gasteiger partial charge in [-0.25, -0.2) is 0 Å². The minimum atomic E-state index is 0.622. The molecule has 4 heteroatoms. The molecule has 1 heterocycles. The second-order valence-electron chi connectivity index (χ2n) is 4.68. The van der Waals surface area contributed by atoms with Gasteiger partial charge < -0.3 is 14.8 Å². The van der Waals surface area contributed by atoms with Crippen molar-refractivity contribution in [1.29, 1.82) is 0 Å². The first-order chi connectivity index (χ1) is 8.76. The molecule has 1 aromatic carbocycles. The number of rotatable bonds is 4. The van der Waals surface area contributed by atoms with E-state index in [4.69, 9.17) is 21.1 Å². The Labute approximate surface area is 113 Å². The lowest BCUT2D eigenvalue weighted by molar-refractivity contribution is 0.361. The lowest BCUT2D eigenvalue weighted by atomic mass is 9.92. The van der Waals surface area contributed by atoms with Gasteiger partial charge in [-0.2, -0.15) is 0 Å². The standard InChI is InChI=1S/C14H20ClNO2/c1-17-12-5-6-13(18-2)14(15)11(12)8-10-4-3-7-16-9-10/h5-6,10,16H,3-4,7-9H2,1-2H3. The van der Waals surface area contributed by atoms with Crippen molar-refractivity contribution in [3.05, 3.63) is 22.7 Å². The highest BCUT2D eigenvalue weighted by Crippen LogP contribution is 2.36. The van der Waals surface area contributed by atoms with E-state index in [0.29, 0.717) is 10.9 Å². The number of halogens is 1. The van der Waals surface area contributed by atoms with Crippen LogP contribution in [0.2, 0.25) is 5.02 Å². The number of nitrogens with one attached hydrogen (secondary N) is 1. The zero-order valence-electron chi connectivity index (χ0n) is 11.0. The molecule has 0 amide bonds. The summed E-state index contributed by atoms with van der Waals surface area (Å²) in [4.78, 5) is 0. The molecule has 1 aromatic rings. The van der Waals surface area contributed by atoms with E-state index in [1.807, 2.05) is 12.1 Å². The summed E-state index contributed by atoms with van der Waals surface area (Å²) >= 11 is 6.39. The number of hydrogen-bond donors (Lipinski definition) is 1. The zero-order chi connectivity index (χ0) is 13.0. The molecule has 0 radical (unpaired) electrons. The van der Waals surface area contributed by atoms with Gasteiger partial charge in [-0.15, -0.1) is 0 Å². The van der Waals surface area contributed by atoms with Crippen LogP contribution < -0.4 is 14.8 Å². The molecule has 100 valence electrons. The number of benzene rings is 1. The SMILES string of the molecule is COc1ccc(OC)c(CC2CCCNC2)c1Cl. The van der Waals surface area contributed by atoms with Crippen LogP contribution in [0.25, 0.3) is 0 Å². The average Bonchev–Trinajstić information content (AvgIpc) is 2.42. The monoisotopic (exact) mass is 269 g/mol. The molecule has 0 saturated carbocycles. The number of methoxy groups -OCH3 is 2. The molecule has 0 bridgehead atoms. The second kappa shape index (κ2) is 6.30. The third kappa shape index (κ3) is 2.90. The number of hydrogen-bond acceptors (Lipinski definition) is 3. The molecule has 0 spiro atoms. The van der Waals surface area contributed by atoms with Gasteiger partial charge in [0, 0.05) is 5.56 Å². The van der Waals surface area contributed by atoms with E-state index < -0.39 is 0 Å². The van der Waals surface area contributed by atoms with Gasteiger partial charge in [0.25, 0.3) is 0 Å². The molecule has 1 unspecified atom stereocenters. The van der Waals surface area contributed by atoms with Gasteiger partial charge in [-0.3, -0.25) is 0 Å². The van der Waals surface area contributed by atoms with E-state index in [1.165, 1.54) is 12.8 Å². The molecule has 1 fully saturated rings. The maximum Gasteiger partial charge on any atom is 0.138 e. The minimum Gasteiger partial charge on any atom is -0.496 e. The summed E-state index contributed by atoms with van der Waals surface area (Å²) in [7, 11) is 3.32. The summed E-state index contributed by atoms with van der Waals surface area (Å²) in [6.07, 6.45) is 3.41. The summed E-state index contributed by atoms with van der Waals surface area (Å²) in [6, 6.07) is 3.78. The molecule has 1 aliphatic rings. The lowest BCUT2D eigenvalue weighted by Gasteiger charge is -2.24. The Morgan fingerprint density at radius 1 is 1.28 bits per heavy atom. The fourth-order valence-corrected chi connectivity index (χ4v) is 2.82. The van der Waals surface area contributed by atoms with Crippen LogP contribution in [-0.4, -0.2) is 27.3 Å². The van der Waals surface area contributed by atoms with Crippen molar-refractivity contribution in [1.82, 2.24) is 5.32 Å². The van der Waals surface area contributed by atoms with Crippen LogP contribution in [-0.2, 0) is 6.42 Å². The molecule has 1 saturated heterocycles. The van der Waals surface area contributed by atoms with Crippen LogP contribution in [0, 0.1) is 5.92 Å². The van der Waals surface area contributed by atoms with E-state index in [-0.39, 0.29) is 0 Å². The third-order valence-electron chi connectivity index (χ3n) is 3.50. The molecule has 1 atom stereocenters. The normalized spacial score (nSPS) is 19.6. The summed E-state index contributed by atoms with van der Waals surface area (Å²) in [5, 5.41) is 4.11. The highest BCUT2D eigenvalue weighted by molar-refractivity contribution is 6.33. The first-order valence-corrected chi connectivity index (χ1v) is 6.74. The maximum atomic E-state index is 6.39. The summed E-state index contributed by atoms with van der Waals surface area (Å²) in [6.45, 7) is 2.18. The number of ether oxygens (including phenoxy) is 2. The van der Waals surface area contributed by atoms with Crippen molar-refractivity contribution < 1.29 is 9.47 Å². The molecule has 0 aromatic heterocycles. The second-order valence-corrected chi connectivity index (χ2v) is 5.06. The predicted octanol–water partition coefficient (Wildman–Crippen LogP) is 2.90. The van der Waals surface area contributed by atoms with Crippen molar-refractivity contribution in [2.45, 2.75) is 19.3 Å². The van der Waals surface area contributed by atoms with Gasteiger partial charge >= 0.3 is 0 Å². The van der Waals surface area contributed by atoms with E-state index >= 15 is 0 Å². The summed E-state index contributed by atoms with van der Waals surface area (Å²) < 4.78 is 10.7. The Bertz CT molecular complexity index is 403. The van der Waals surface area contributed by atoms with Gasteiger partial charge in [0.2, 0.25) is 0 Å². The van der Waals surface area contributed by atoms with Crippen LogP contribution in [0.1, 0.15) is 18.4 Å². The van der Waals surface area contributed by atoms with Crippen LogP contribution >= 0.6 is 11.6 Å². The van der Waals surface area contributed by atoms with Crippen molar-refractivity contribution in [2.75, 3.05) is 27.3 Å². The Morgan fingerprint density at radius 2 is 2.00 bits per heavy atom. The van der Waals surface area contributed by atoms with Gasteiger partial charge in [0.1, 0.15) is 11.5 Å². The molecule has 18 heavy (non-hydrogen) atoms. The topological polar surface area (TPSA) is 30.5 Å². The first kappa shape index (κ1) is 13.5. The minimum absolute atomic E-state index is 0.622. The largest absolute Gasteiger partial charge is 0.496 e. The zero-order valence-corrected chi connectivity index (χ0v) is 11.7. The molecule has 0 aliphatic carbocycles. The van der Waals surface area contributed by atoms with Crippen LogP contribution in [0.15, 0.2) is 12.1 Å². The molecule has 3 nitrogen and oxygen atoms in total. The fraction of sp³-hybridized carbons (Fsp3) is 0.571. The van der Waals surface area contributed by atoms with Crippen molar-refractivity contribution in [3.63, 3.8) is 0 Å². The Balaban J connectivity index is 2.23. The lowest BCUT2D eigenvalue weighted by Crippen LogP contribution is -2.31. The molecule has 2 rings (SSSR count). The third-order valence-corrected chi connectivity index (χ3v) is 3.91. The van der Waals surface area contributed by atoms with E-state index in [2.05, 4.69) is 5.32 Å². The van der Waals surface area contributed by atoms with Crippen molar-refractivity contribution in [3.8, 4) is 11.5 Å². The van der Waals surface area contributed by atoms with E-state index in [0.717, 1.165) is 36.6 Å². The molecule has 1 aliphatic heterocycles. The quantitative estimate of drug-likeness (QED) is 0.912. The average molecular weight is 270 g/mol. The highest BCUT2D eigenvalue weighted by Gasteiger charge is 2.19. The highest BCUT2D eigenvalue weighted by atomic mass is 35.5. The fourth-order valence-electron chi connectivity index (χ4n) is 2.51. The first-order valence-electron chi connectivity index (χ1n) is 6.36. The molecule has 1 N–H and O–H groups in total. The van der Waals surface area contributed by atoms with E-state index in [1.54, 1.807) is 14.2 Å². The Hall–Kier alpha value is -0.930. The number of piperidine rings is 1. The van der Waals surface area contributed by atoms with E-state index in [9.17, 15) is 0 Å². The van der Waals surface area contributed by atoms with Gasteiger partial charge in [0.15, 0.2) is 0 Å². The molecular formula is C14H20ClNO2. The van der Waals surface area contributed by atoms with Crippen LogP contribution in [0.5, 0.6) is 11.5 Å². The van der Waals surface area contributed by atoms with Crippen molar-refractivity contribution >= 4 is 11.6 Å².